The Balaban J connectivity index is 2.18. The van der Waals surface area contributed by atoms with Crippen LogP contribution in [0.15, 0.2) is 0 Å². The average molecular weight is 102 g/mol. The van der Waals surface area contributed by atoms with Crippen LogP contribution in [0, 0.1) is 0 Å². The fourth-order valence-corrected chi connectivity index (χ4v) is 0.808. The van der Waals surface area contributed by atoms with Crippen LogP contribution < -0.4 is 0 Å². The maximum Gasteiger partial charge on any atom is 0.153 e. The molecule has 0 saturated carbocycles. The van der Waals surface area contributed by atoms with Gasteiger partial charge in [-0.1, -0.05) is 0 Å². The van der Waals surface area contributed by atoms with E-state index in [1.165, 1.54) is 0 Å². The van der Waals surface area contributed by atoms with Crippen molar-refractivity contribution in [3.8, 4) is 0 Å². The predicted octanol–water partition coefficient (Wildman–Crippen LogP) is 0.429. The molecule has 1 saturated heterocycles. The summed E-state index contributed by atoms with van der Waals surface area (Å²) < 4.78 is 4.50. The largest absolute Gasteiger partial charge is 0.234 e. The molecule has 0 aliphatic carbocycles. The Hall–Kier alpha value is 0.415. The van der Waals surface area contributed by atoms with Crippen molar-refractivity contribution in [3.63, 3.8) is 0 Å². The molecular weight excluding hydrogens is 97.8 g/mol. The zero-order valence-corrected chi connectivity index (χ0v) is 4.15. The highest BCUT2D eigenvalue weighted by molar-refractivity contribution is 7.78. The smallest absolute Gasteiger partial charge is 0.153 e. The van der Waals surface area contributed by atoms with Gasteiger partial charge in [0.25, 0.3) is 0 Å². The van der Waals surface area contributed by atoms with Gasteiger partial charge in [0.1, 0.15) is 0 Å². The van der Waals surface area contributed by atoms with Gasteiger partial charge in [-0.25, -0.2) is 9.56 Å². The quantitative estimate of drug-likeness (QED) is 0.250. The molecule has 6 heavy (non-hydrogen) atoms. The third-order valence-corrected chi connectivity index (χ3v) is 1.46. The minimum absolute atomic E-state index is 0.669. The van der Waals surface area contributed by atoms with E-state index >= 15 is 0 Å². The Labute approximate surface area is 39.0 Å². The maximum atomic E-state index is 5.25. The molecule has 1 aliphatic rings. The molecule has 1 unspecified atom stereocenters. The standard InChI is InChI=1S/C2H4BO2P/c3-6-2-1-4-5-6/h1-2H2. The van der Waals surface area contributed by atoms with Gasteiger partial charge >= 0.3 is 0 Å². The minimum atomic E-state index is -0.687. The SMILES string of the molecule is [B]P1CCOO1. The van der Waals surface area contributed by atoms with Crippen LogP contribution in [-0.4, -0.2) is 20.3 Å². The molecule has 0 amide bonds. The summed E-state index contributed by atoms with van der Waals surface area (Å²) in [7, 11) is 4.57. The van der Waals surface area contributed by atoms with E-state index in [2.05, 4.69) is 9.56 Å². The summed E-state index contributed by atoms with van der Waals surface area (Å²) in [5.74, 6) is 0. The highest BCUT2D eigenvalue weighted by atomic mass is 31.1. The Bertz CT molecular complexity index is 44.8. The summed E-state index contributed by atoms with van der Waals surface area (Å²) >= 11 is 0. The van der Waals surface area contributed by atoms with Crippen LogP contribution in [0.3, 0.4) is 0 Å². The normalized spacial score (nSPS) is 34.3. The molecule has 2 nitrogen and oxygen atoms in total. The van der Waals surface area contributed by atoms with Gasteiger partial charge in [0.15, 0.2) is 7.57 Å². The average Bonchev–Trinajstić information content (AvgIpc) is 1.86. The van der Waals surface area contributed by atoms with Gasteiger partial charge in [-0.3, -0.25) is 0 Å². The molecule has 2 radical (unpaired) electrons. The zero-order chi connectivity index (χ0) is 4.41. The second-order valence-corrected chi connectivity index (χ2v) is 2.47. The highest BCUT2D eigenvalue weighted by Crippen LogP contribution is 2.34. The molecule has 0 spiro atoms. The molecule has 1 atom stereocenters. The lowest BCUT2D eigenvalue weighted by Gasteiger charge is -1.91. The van der Waals surface area contributed by atoms with E-state index in [9.17, 15) is 0 Å². The predicted molar refractivity (Wildman–Crippen MR) is 24.6 cm³/mol. The summed E-state index contributed by atoms with van der Waals surface area (Å²) in [4.78, 5) is 4.46. The van der Waals surface area contributed by atoms with Gasteiger partial charge in [-0.05, 0) is 0 Å². The monoisotopic (exact) mass is 102 g/mol. The first-order valence-electron chi connectivity index (χ1n) is 1.71. The lowest BCUT2D eigenvalue weighted by Crippen LogP contribution is -1.77. The van der Waals surface area contributed by atoms with E-state index in [1.54, 1.807) is 0 Å². The van der Waals surface area contributed by atoms with Crippen molar-refractivity contribution in [1.82, 2.24) is 0 Å². The van der Waals surface area contributed by atoms with Crippen molar-refractivity contribution in [2.75, 3.05) is 12.8 Å². The maximum absolute atomic E-state index is 5.25. The van der Waals surface area contributed by atoms with Crippen LogP contribution >= 0.6 is 8.03 Å². The van der Waals surface area contributed by atoms with Crippen LogP contribution in [0.5, 0.6) is 0 Å². The van der Waals surface area contributed by atoms with Gasteiger partial charge in [-0.15, -0.1) is 0 Å². The van der Waals surface area contributed by atoms with Crippen molar-refractivity contribution in [1.29, 1.82) is 0 Å². The van der Waals surface area contributed by atoms with Crippen LogP contribution in [0.25, 0.3) is 0 Å². The zero-order valence-electron chi connectivity index (χ0n) is 3.26. The van der Waals surface area contributed by atoms with E-state index < -0.39 is 8.03 Å². The molecule has 0 aromatic carbocycles. The third kappa shape index (κ3) is 0.936. The molecule has 1 rings (SSSR count). The number of hydrogen-bond acceptors (Lipinski definition) is 2. The molecule has 0 bridgehead atoms. The third-order valence-electron chi connectivity index (χ3n) is 0.543. The van der Waals surface area contributed by atoms with E-state index in [0.29, 0.717) is 6.61 Å². The van der Waals surface area contributed by atoms with Crippen molar-refractivity contribution >= 4 is 15.6 Å². The Morgan fingerprint density at radius 1 is 1.67 bits per heavy atom. The first-order chi connectivity index (χ1) is 2.89. The molecule has 0 aromatic rings. The number of hydrogen-bond donors (Lipinski definition) is 0. The fourth-order valence-electron chi connectivity index (χ4n) is 0.269. The molecule has 1 fully saturated rings. The van der Waals surface area contributed by atoms with Crippen LogP contribution in [0.1, 0.15) is 0 Å². The van der Waals surface area contributed by atoms with Gasteiger partial charge in [0.2, 0.25) is 0 Å². The van der Waals surface area contributed by atoms with Gasteiger partial charge in [-0.2, -0.15) is 0 Å². The summed E-state index contributed by atoms with van der Waals surface area (Å²) in [6.07, 6.45) is 0.884. The summed E-state index contributed by atoms with van der Waals surface area (Å²) in [5.41, 5.74) is 0. The molecule has 4 heteroatoms. The summed E-state index contributed by atoms with van der Waals surface area (Å²) in [6.45, 7) is 0.669. The van der Waals surface area contributed by atoms with Crippen molar-refractivity contribution in [2.24, 2.45) is 0 Å². The van der Waals surface area contributed by atoms with E-state index in [0.717, 1.165) is 6.16 Å². The van der Waals surface area contributed by atoms with Gasteiger partial charge < -0.3 is 0 Å². The van der Waals surface area contributed by atoms with Crippen molar-refractivity contribution in [3.05, 3.63) is 0 Å². The van der Waals surface area contributed by atoms with Crippen LogP contribution in [-0.2, 0) is 9.56 Å². The van der Waals surface area contributed by atoms with Gasteiger partial charge in [0, 0.05) is 14.2 Å². The first-order valence-corrected chi connectivity index (χ1v) is 3.23. The van der Waals surface area contributed by atoms with Gasteiger partial charge in [0.05, 0.1) is 6.61 Å². The van der Waals surface area contributed by atoms with E-state index in [-0.39, 0.29) is 0 Å². The first kappa shape index (κ1) is 4.57. The molecule has 1 heterocycles. The summed E-state index contributed by atoms with van der Waals surface area (Å²) in [5, 5.41) is 0. The van der Waals surface area contributed by atoms with Crippen molar-refractivity contribution < 1.29 is 9.56 Å². The molecule has 0 aromatic heterocycles. The summed E-state index contributed by atoms with van der Waals surface area (Å²) in [6, 6.07) is 0. The molecule has 1 aliphatic heterocycles. The lowest BCUT2D eigenvalue weighted by atomic mass is 10.8. The number of rotatable bonds is 0. The lowest BCUT2D eigenvalue weighted by molar-refractivity contribution is -0.173. The minimum Gasteiger partial charge on any atom is -0.234 e. The van der Waals surface area contributed by atoms with E-state index in [4.69, 9.17) is 7.57 Å². The second kappa shape index (κ2) is 1.92. The fraction of sp³-hybridized carbons (Fsp3) is 1.00. The van der Waals surface area contributed by atoms with Crippen LogP contribution in [0.2, 0.25) is 0 Å². The Morgan fingerprint density at radius 3 is 2.67 bits per heavy atom. The van der Waals surface area contributed by atoms with Crippen LogP contribution in [0.4, 0.5) is 0 Å². The Kier molecular flexibility index (Phi) is 1.46. The second-order valence-electron chi connectivity index (χ2n) is 1.04. The topological polar surface area (TPSA) is 18.5 Å². The van der Waals surface area contributed by atoms with E-state index in [1.807, 2.05) is 0 Å². The molecule has 32 valence electrons. The molecule has 0 N–H and O–H groups in total. The Morgan fingerprint density at radius 2 is 2.50 bits per heavy atom. The van der Waals surface area contributed by atoms with Crippen molar-refractivity contribution in [2.45, 2.75) is 0 Å². The highest BCUT2D eigenvalue weighted by Gasteiger charge is 2.08. The molecular formula is C2H4BO2P.